The first-order valence-electron chi connectivity index (χ1n) is 7.29. The Hall–Kier alpha value is -1.65. The van der Waals surface area contributed by atoms with Crippen LogP contribution in [0.4, 0.5) is 0 Å². The molecule has 0 bridgehead atoms. The van der Waals surface area contributed by atoms with Gasteiger partial charge in [-0.15, -0.1) is 11.3 Å². The van der Waals surface area contributed by atoms with E-state index >= 15 is 0 Å². The van der Waals surface area contributed by atoms with Crippen molar-refractivity contribution in [1.82, 2.24) is 5.32 Å². The quantitative estimate of drug-likeness (QED) is 0.825. The second kappa shape index (κ2) is 7.38. The second-order valence-corrected chi connectivity index (χ2v) is 6.21. The minimum Gasteiger partial charge on any atom is -0.368 e. The molecule has 4 heteroatoms. The molecule has 0 spiro atoms. The van der Waals surface area contributed by atoms with E-state index in [1.807, 2.05) is 11.4 Å². The van der Waals surface area contributed by atoms with E-state index in [0.717, 1.165) is 18.4 Å². The standard InChI is InChI=1S/C17H22N2OS/c1-3-5-13-7-9-14(10-8-13)16(15-6-4-11-21-15)19-12(2)17(18)20/h4,6-12,16,19H,3,5H2,1-2H3,(H2,18,20)/t12-,16-/m0/s1. The number of nitrogens with one attached hydrogen (secondary N) is 1. The SMILES string of the molecule is CCCc1ccc([C@H](N[C@@H](C)C(N)=O)c2cccs2)cc1. The maximum absolute atomic E-state index is 11.3. The molecule has 0 saturated carbocycles. The lowest BCUT2D eigenvalue weighted by Crippen LogP contribution is -2.40. The molecule has 0 unspecified atom stereocenters. The predicted octanol–water partition coefficient (Wildman–Crippen LogP) is 3.25. The fraction of sp³-hybridized carbons (Fsp3) is 0.353. The number of benzene rings is 1. The van der Waals surface area contributed by atoms with Crippen LogP contribution >= 0.6 is 11.3 Å². The highest BCUT2D eigenvalue weighted by molar-refractivity contribution is 7.10. The van der Waals surface area contributed by atoms with Crippen LogP contribution in [0.1, 0.15) is 42.3 Å². The molecule has 0 aliphatic carbocycles. The van der Waals surface area contributed by atoms with Crippen LogP contribution in [-0.2, 0) is 11.2 Å². The average molecular weight is 302 g/mol. The van der Waals surface area contributed by atoms with Gasteiger partial charge in [-0.1, -0.05) is 43.7 Å². The van der Waals surface area contributed by atoms with Crippen LogP contribution in [-0.4, -0.2) is 11.9 Å². The largest absolute Gasteiger partial charge is 0.368 e. The highest BCUT2D eigenvalue weighted by atomic mass is 32.1. The van der Waals surface area contributed by atoms with E-state index < -0.39 is 0 Å². The zero-order valence-electron chi connectivity index (χ0n) is 12.5. The summed E-state index contributed by atoms with van der Waals surface area (Å²) >= 11 is 1.68. The van der Waals surface area contributed by atoms with Gasteiger partial charge in [-0.25, -0.2) is 0 Å². The number of carbonyl (C=O) groups is 1. The summed E-state index contributed by atoms with van der Waals surface area (Å²) in [6.07, 6.45) is 2.24. The first kappa shape index (κ1) is 15.7. The third-order valence-electron chi connectivity index (χ3n) is 3.52. The summed E-state index contributed by atoms with van der Waals surface area (Å²) in [6, 6.07) is 12.3. The van der Waals surface area contributed by atoms with Crippen molar-refractivity contribution in [3.63, 3.8) is 0 Å². The van der Waals surface area contributed by atoms with Gasteiger partial charge in [0.05, 0.1) is 12.1 Å². The highest BCUT2D eigenvalue weighted by Crippen LogP contribution is 2.27. The number of hydrogen-bond donors (Lipinski definition) is 2. The smallest absolute Gasteiger partial charge is 0.234 e. The van der Waals surface area contributed by atoms with Gasteiger partial charge in [0.1, 0.15) is 0 Å². The number of amides is 1. The number of thiophene rings is 1. The van der Waals surface area contributed by atoms with Crippen LogP contribution in [0.3, 0.4) is 0 Å². The summed E-state index contributed by atoms with van der Waals surface area (Å²) in [5, 5.41) is 5.37. The first-order chi connectivity index (χ1) is 10.1. The Balaban J connectivity index is 2.24. The normalized spacial score (nSPS) is 13.8. The number of rotatable bonds is 7. The molecule has 2 atom stereocenters. The molecule has 3 nitrogen and oxygen atoms in total. The van der Waals surface area contributed by atoms with Gasteiger partial charge in [-0.3, -0.25) is 10.1 Å². The molecule has 0 saturated heterocycles. The number of aryl methyl sites for hydroxylation is 1. The van der Waals surface area contributed by atoms with Crippen molar-refractivity contribution in [2.75, 3.05) is 0 Å². The Kier molecular flexibility index (Phi) is 5.53. The molecule has 112 valence electrons. The van der Waals surface area contributed by atoms with Gasteiger partial charge in [0.15, 0.2) is 0 Å². The maximum Gasteiger partial charge on any atom is 0.234 e. The average Bonchev–Trinajstić information content (AvgIpc) is 2.99. The number of carbonyl (C=O) groups excluding carboxylic acids is 1. The minimum absolute atomic E-state index is 0.00294. The van der Waals surface area contributed by atoms with Gasteiger partial charge in [0.25, 0.3) is 0 Å². The molecular weight excluding hydrogens is 280 g/mol. The van der Waals surface area contributed by atoms with Crippen molar-refractivity contribution in [2.24, 2.45) is 5.73 Å². The van der Waals surface area contributed by atoms with Crippen molar-refractivity contribution >= 4 is 17.2 Å². The first-order valence-corrected chi connectivity index (χ1v) is 8.17. The maximum atomic E-state index is 11.3. The van der Waals surface area contributed by atoms with Gasteiger partial charge < -0.3 is 5.73 Å². The van der Waals surface area contributed by atoms with Gasteiger partial charge >= 0.3 is 0 Å². The molecule has 0 radical (unpaired) electrons. The fourth-order valence-electron chi connectivity index (χ4n) is 2.30. The Morgan fingerprint density at radius 2 is 2.00 bits per heavy atom. The Morgan fingerprint density at radius 1 is 1.29 bits per heavy atom. The predicted molar refractivity (Wildman–Crippen MR) is 88.4 cm³/mol. The number of primary amides is 1. The van der Waals surface area contributed by atoms with Crippen molar-refractivity contribution < 1.29 is 4.79 Å². The Bertz CT molecular complexity index is 563. The van der Waals surface area contributed by atoms with Crippen LogP contribution in [0.15, 0.2) is 41.8 Å². The molecule has 2 rings (SSSR count). The molecule has 2 aromatic rings. The molecule has 3 N–H and O–H groups in total. The molecule has 0 fully saturated rings. The monoisotopic (exact) mass is 302 g/mol. The fourth-order valence-corrected chi connectivity index (χ4v) is 3.11. The molecule has 1 amide bonds. The van der Waals surface area contributed by atoms with Gasteiger partial charge in [0, 0.05) is 4.88 Å². The van der Waals surface area contributed by atoms with Crippen LogP contribution in [0.25, 0.3) is 0 Å². The van der Waals surface area contributed by atoms with Crippen molar-refractivity contribution in [1.29, 1.82) is 0 Å². The Labute approximate surface area is 130 Å². The zero-order valence-corrected chi connectivity index (χ0v) is 13.3. The minimum atomic E-state index is -0.368. The van der Waals surface area contributed by atoms with Gasteiger partial charge in [-0.2, -0.15) is 0 Å². The molecule has 21 heavy (non-hydrogen) atoms. The van der Waals surface area contributed by atoms with Crippen LogP contribution < -0.4 is 11.1 Å². The molecule has 1 heterocycles. The lowest BCUT2D eigenvalue weighted by atomic mass is 10.0. The summed E-state index contributed by atoms with van der Waals surface area (Å²) in [5.41, 5.74) is 7.88. The molecule has 0 aliphatic heterocycles. The van der Waals surface area contributed by atoms with E-state index in [0.29, 0.717) is 0 Å². The van der Waals surface area contributed by atoms with Crippen LogP contribution in [0.2, 0.25) is 0 Å². The molecule has 0 aliphatic rings. The summed E-state index contributed by atoms with van der Waals surface area (Å²) in [6.45, 7) is 3.98. The van der Waals surface area contributed by atoms with Crippen LogP contribution in [0, 0.1) is 0 Å². The zero-order chi connectivity index (χ0) is 15.2. The van der Waals surface area contributed by atoms with Crippen molar-refractivity contribution in [3.05, 3.63) is 57.8 Å². The van der Waals surface area contributed by atoms with Crippen molar-refractivity contribution in [2.45, 2.75) is 38.8 Å². The van der Waals surface area contributed by atoms with Crippen molar-refractivity contribution in [3.8, 4) is 0 Å². The Morgan fingerprint density at radius 3 is 2.52 bits per heavy atom. The molecule has 1 aromatic heterocycles. The third-order valence-corrected chi connectivity index (χ3v) is 4.46. The summed E-state index contributed by atoms with van der Waals surface area (Å²) in [7, 11) is 0. The number of hydrogen-bond acceptors (Lipinski definition) is 3. The van der Waals surface area contributed by atoms with E-state index in [2.05, 4.69) is 42.6 Å². The lowest BCUT2D eigenvalue weighted by molar-refractivity contribution is -0.119. The number of nitrogens with two attached hydrogens (primary N) is 1. The molecular formula is C17H22N2OS. The lowest BCUT2D eigenvalue weighted by Gasteiger charge is -2.21. The third kappa shape index (κ3) is 4.16. The second-order valence-electron chi connectivity index (χ2n) is 5.23. The highest BCUT2D eigenvalue weighted by Gasteiger charge is 2.19. The van der Waals surface area contributed by atoms with E-state index in [1.165, 1.54) is 10.4 Å². The van der Waals surface area contributed by atoms with E-state index in [-0.39, 0.29) is 18.0 Å². The molecule has 1 aromatic carbocycles. The van der Waals surface area contributed by atoms with E-state index in [1.54, 1.807) is 18.3 Å². The van der Waals surface area contributed by atoms with E-state index in [4.69, 9.17) is 5.73 Å². The summed E-state index contributed by atoms with van der Waals surface area (Å²) in [4.78, 5) is 12.5. The summed E-state index contributed by atoms with van der Waals surface area (Å²) < 4.78 is 0. The van der Waals surface area contributed by atoms with Gasteiger partial charge in [0.2, 0.25) is 5.91 Å². The van der Waals surface area contributed by atoms with Gasteiger partial charge in [-0.05, 0) is 35.9 Å². The summed E-state index contributed by atoms with van der Waals surface area (Å²) in [5.74, 6) is -0.334. The topological polar surface area (TPSA) is 55.1 Å². The van der Waals surface area contributed by atoms with E-state index in [9.17, 15) is 4.79 Å². The van der Waals surface area contributed by atoms with Crippen LogP contribution in [0.5, 0.6) is 0 Å².